The summed E-state index contributed by atoms with van der Waals surface area (Å²) >= 11 is 8.10. The third kappa shape index (κ3) is 21.7. The zero-order chi connectivity index (χ0) is 14.3. The van der Waals surface area contributed by atoms with Crippen molar-refractivity contribution < 1.29 is 9.53 Å². The highest BCUT2D eigenvalue weighted by atomic mass is 32.1. The number of ether oxygens (including phenoxy) is 1. The lowest BCUT2D eigenvalue weighted by molar-refractivity contribution is -0.145. The predicted molar refractivity (Wildman–Crippen MR) is 82.9 cm³/mol. The van der Waals surface area contributed by atoms with Crippen molar-refractivity contribution in [2.75, 3.05) is 19.9 Å². The molecule has 104 valence electrons. The molecule has 0 amide bonds. The largest absolute Gasteiger partial charge is 0.469 e. The number of thiocarbonyl (C=S) groups is 1. The molecule has 0 unspecified atom stereocenters. The maximum Gasteiger partial charge on any atom is 0.308 e. The molecule has 5 heteroatoms. The summed E-state index contributed by atoms with van der Waals surface area (Å²) in [5, 5.41) is 0. The summed E-state index contributed by atoms with van der Waals surface area (Å²) in [5.41, 5.74) is 5.03. The molecule has 0 rings (SSSR count). The third-order valence-electron chi connectivity index (χ3n) is 1.88. The van der Waals surface area contributed by atoms with Crippen molar-refractivity contribution in [3.05, 3.63) is 0 Å². The molecule has 1 atom stereocenters. The topological polar surface area (TPSA) is 52.3 Å². The molecule has 2 N–H and O–H groups in total. The first-order valence-corrected chi connectivity index (χ1v) is 7.01. The van der Waals surface area contributed by atoms with Crippen LogP contribution in [0.25, 0.3) is 0 Å². The number of carbonyl (C=O) groups is 1. The second-order valence-electron chi connectivity index (χ2n) is 3.47. The van der Waals surface area contributed by atoms with Gasteiger partial charge in [-0.25, -0.2) is 0 Å². The molecule has 0 aromatic rings. The minimum Gasteiger partial charge on any atom is -0.469 e. The molecule has 17 heavy (non-hydrogen) atoms. The molecule has 0 radical (unpaired) electrons. The van der Waals surface area contributed by atoms with Crippen LogP contribution in [0.2, 0.25) is 0 Å². The van der Waals surface area contributed by atoms with Crippen molar-refractivity contribution in [2.24, 2.45) is 11.7 Å². The number of methoxy groups -OCH3 is 1. The van der Waals surface area contributed by atoms with E-state index in [0.717, 1.165) is 24.1 Å². The zero-order valence-corrected chi connectivity index (χ0v) is 13.4. The molecule has 0 heterocycles. The van der Waals surface area contributed by atoms with E-state index in [-0.39, 0.29) is 11.9 Å². The fraction of sp³-hybridized carbons (Fsp3) is 0.833. The number of thiol groups is 1. The van der Waals surface area contributed by atoms with Crippen LogP contribution in [0.3, 0.4) is 0 Å². The second-order valence-corrected chi connectivity index (χ2v) is 4.17. The van der Waals surface area contributed by atoms with Gasteiger partial charge in [0.15, 0.2) is 0 Å². The number of unbranched alkanes of at least 4 members (excludes halogenated alkanes) is 1. The van der Waals surface area contributed by atoms with Crippen molar-refractivity contribution >= 4 is 35.7 Å². The van der Waals surface area contributed by atoms with Gasteiger partial charge in [0, 0.05) is 11.4 Å². The van der Waals surface area contributed by atoms with Crippen LogP contribution in [0.4, 0.5) is 0 Å². The fourth-order valence-electron chi connectivity index (χ4n) is 0.829. The van der Waals surface area contributed by atoms with E-state index in [4.69, 9.17) is 5.73 Å². The summed E-state index contributed by atoms with van der Waals surface area (Å²) in [5.74, 6) is -0.0154. The van der Waals surface area contributed by atoms with E-state index in [9.17, 15) is 4.79 Å². The first kappa shape index (κ1) is 22.1. The van der Waals surface area contributed by atoms with Crippen molar-refractivity contribution in [1.82, 2.24) is 0 Å². The van der Waals surface area contributed by atoms with Crippen molar-refractivity contribution in [3.63, 3.8) is 0 Å². The highest BCUT2D eigenvalue weighted by Gasteiger charge is 2.10. The summed E-state index contributed by atoms with van der Waals surface area (Å²) in [6.07, 6.45) is 4.89. The maximum absolute atomic E-state index is 10.8. The Kier molecular flexibility index (Phi) is 23.7. The van der Waals surface area contributed by atoms with E-state index < -0.39 is 0 Å². The highest BCUT2D eigenvalue weighted by Crippen LogP contribution is 2.08. The maximum atomic E-state index is 10.8. The lowest BCUT2D eigenvalue weighted by Crippen LogP contribution is -2.12. The molecule has 3 nitrogen and oxygen atoms in total. The summed E-state index contributed by atoms with van der Waals surface area (Å²) in [4.78, 5) is 11.7. The van der Waals surface area contributed by atoms with Crippen molar-refractivity contribution in [2.45, 2.75) is 40.0 Å². The molecule has 0 bridgehead atoms. The average molecular weight is 281 g/mol. The number of carbonyl (C=O) groups excluding carboxylic acids is 1. The quantitative estimate of drug-likeness (QED) is 0.462. The van der Waals surface area contributed by atoms with Gasteiger partial charge in [0.2, 0.25) is 0 Å². The van der Waals surface area contributed by atoms with E-state index >= 15 is 0 Å². The number of esters is 1. The Bertz CT molecular complexity index is 187. The molecule has 0 saturated carbocycles. The molecule has 0 aliphatic rings. The predicted octanol–water partition coefficient (Wildman–Crippen LogP) is 2.87. The standard InChI is InChI=1S/C8H16O2.C3H7NS.CH4S/c1-4-5-6-7(2)8(9)10-3;1-3(5)2-4;1-2/h7H,4-6H2,1-3H3;2,4H2,1H3;2H,1H3/t7-;;/m0../s1. The molecule has 0 aromatic carbocycles. The minimum atomic E-state index is -0.0894. The highest BCUT2D eigenvalue weighted by molar-refractivity contribution is 7.80. The Morgan fingerprint density at radius 1 is 1.47 bits per heavy atom. The summed E-state index contributed by atoms with van der Waals surface area (Å²) in [7, 11) is 1.44. The normalized spacial score (nSPS) is 10.1. The lowest BCUT2D eigenvalue weighted by Gasteiger charge is -2.06. The van der Waals surface area contributed by atoms with Crippen LogP contribution < -0.4 is 5.73 Å². The van der Waals surface area contributed by atoms with E-state index in [1.807, 2.05) is 13.8 Å². The van der Waals surface area contributed by atoms with Crippen LogP contribution in [0.15, 0.2) is 0 Å². The average Bonchev–Trinajstić information content (AvgIpc) is 2.37. The number of rotatable bonds is 5. The summed E-state index contributed by atoms with van der Waals surface area (Å²) in [6.45, 7) is 6.39. The van der Waals surface area contributed by atoms with Crippen molar-refractivity contribution in [1.29, 1.82) is 0 Å². The minimum absolute atomic E-state index is 0.0740. The SMILES string of the molecule is CC(=S)CN.CCCC[C@H](C)C(=O)OC.CS. The fourth-order valence-corrected chi connectivity index (χ4v) is 0.829. The van der Waals surface area contributed by atoms with Gasteiger partial charge in [-0.3, -0.25) is 4.79 Å². The van der Waals surface area contributed by atoms with Crippen LogP contribution in [0.5, 0.6) is 0 Å². The van der Waals surface area contributed by atoms with Crippen LogP contribution in [0.1, 0.15) is 40.0 Å². The van der Waals surface area contributed by atoms with Gasteiger partial charge in [0.25, 0.3) is 0 Å². The van der Waals surface area contributed by atoms with E-state index in [0.29, 0.717) is 6.54 Å². The van der Waals surface area contributed by atoms with Gasteiger partial charge in [-0.15, -0.1) is 0 Å². The molecule has 0 aromatic heterocycles. The first-order valence-electron chi connectivity index (χ1n) is 5.71. The monoisotopic (exact) mass is 281 g/mol. The summed E-state index contributed by atoms with van der Waals surface area (Å²) < 4.78 is 4.57. The molecule has 0 saturated heterocycles. The van der Waals surface area contributed by atoms with Crippen molar-refractivity contribution in [3.8, 4) is 0 Å². The third-order valence-corrected chi connectivity index (χ3v) is 2.05. The van der Waals surface area contributed by atoms with E-state index in [2.05, 4.69) is 36.5 Å². The number of nitrogens with two attached hydrogens (primary N) is 1. The molecule has 0 fully saturated rings. The number of hydrogen-bond acceptors (Lipinski definition) is 5. The molecular weight excluding hydrogens is 254 g/mol. The van der Waals surface area contributed by atoms with Gasteiger partial charge in [0.1, 0.15) is 0 Å². The Morgan fingerprint density at radius 2 is 1.88 bits per heavy atom. The zero-order valence-electron chi connectivity index (χ0n) is 11.7. The second kappa shape index (κ2) is 18.2. The van der Waals surface area contributed by atoms with Gasteiger partial charge in [-0.05, 0) is 19.6 Å². The Hall–Kier alpha value is -0.130. The van der Waals surface area contributed by atoms with Gasteiger partial charge in [-0.2, -0.15) is 12.6 Å². The van der Waals surface area contributed by atoms with Crippen LogP contribution in [-0.2, 0) is 9.53 Å². The van der Waals surface area contributed by atoms with Crippen LogP contribution in [-0.4, -0.2) is 30.7 Å². The molecular formula is C12H27NO2S2. The van der Waals surface area contributed by atoms with E-state index in [1.54, 1.807) is 6.26 Å². The molecule has 0 aliphatic carbocycles. The van der Waals surface area contributed by atoms with Crippen LogP contribution >= 0.6 is 24.8 Å². The van der Waals surface area contributed by atoms with Crippen LogP contribution in [0, 0.1) is 5.92 Å². The Morgan fingerprint density at radius 3 is 2.12 bits per heavy atom. The van der Waals surface area contributed by atoms with Gasteiger partial charge in [-0.1, -0.05) is 38.9 Å². The smallest absolute Gasteiger partial charge is 0.308 e. The van der Waals surface area contributed by atoms with Gasteiger partial charge >= 0.3 is 5.97 Å². The van der Waals surface area contributed by atoms with Gasteiger partial charge < -0.3 is 10.5 Å². The lowest BCUT2D eigenvalue weighted by atomic mass is 10.1. The molecule has 0 aliphatic heterocycles. The first-order chi connectivity index (χ1) is 7.99. The Labute approximate surface area is 117 Å². The molecule has 0 spiro atoms. The number of hydrogen-bond donors (Lipinski definition) is 2. The van der Waals surface area contributed by atoms with E-state index in [1.165, 1.54) is 7.11 Å². The summed E-state index contributed by atoms with van der Waals surface area (Å²) in [6, 6.07) is 0. The van der Waals surface area contributed by atoms with Gasteiger partial charge in [0.05, 0.1) is 13.0 Å². The Balaban J connectivity index is -0.000000236.